The zero-order valence-electron chi connectivity index (χ0n) is 13.1. The van der Waals surface area contributed by atoms with Crippen LogP contribution in [0.1, 0.15) is 25.0 Å². The van der Waals surface area contributed by atoms with Crippen molar-refractivity contribution in [1.29, 1.82) is 0 Å². The Bertz CT molecular complexity index is 685. The van der Waals surface area contributed by atoms with E-state index >= 15 is 0 Å². The molecule has 0 N–H and O–H groups in total. The van der Waals surface area contributed by atoms with Gasteiger partial charge in [0, 0.05) is 0 Å². The Morgan fingerprint density at radius 3 is 2.33 bits per heavy atom. The van der Waals surface area contributed by atoms with Gasteiger partial charge in [0.1, 0.15) is 0 Å². The van der Waals surface area contributed by atoms with E-state index < -0.39 is 0 Å². The van der Waals surface area contributed by atoms with Crippen LogP contribution in [0.5, 0.6) is 0 Å². The molecule has 21 heavy (non-hydrogen) atoms. The van der Waals surface area contributed by atoms with E-state index in [9.17, 15) is 0 Å². The molecule has 0 aliphatic heterocycles. The lowest BCUT2D eigenvalue weighted by Crippen LogP contribution is -1.90. The second-order valence-corrected chi connectivity index (χ2v) is 5.28. The van der Waals surface area contributed by atoms with Crippen LogP contribution >= 0.6 is 0 Å². The fraction of sp³-hybridized carbons (Fsp3) is 0.143. The van der Waals surface area contributed by atoms with Gasteiger partial charge >= 0.3 is 0 Å². The molecule has 0 unspecified atom stereocenters. The summed E-state index contributed by atoms with van der Waals surface area (Å²) in [5, 5.41) is 0. The predicted octanol–water partition coefficient (Wildman–Crippen LogP) is 6.20. The first-order valence-corrected chi connectivity index (χ1v) is 7.28. The van der Waals surface area contributed by atoms with Gasteiger partial charge in [-0.3, -0.25) is 0 Å². The van der Waals surface area contributed by atoms with Crippen LogP contribution in [0.4, 0.5) is 0 Å². The monoisotopic (exact) mass is 274 g/mol. The van der Waals surface area contributed by atoms with Crippen molar-refractivity contribution in [3.63, 3.8) is 0 Å². The summed E-state index contributed by atoms with van der Waals surface area (Å²) >= 11 is 0. The smallest absolute Gasteiger partial charge is 0.0154 e. The molecule has 0 spiro atoms. The van der Waals surface area contributed by atoms with Crippen molar-refractivity contribution in [3.8, 4) is 11.1 Å². The van der Waals surface area contributed by atoms with Crippen LogP contribution in [0.15, 0.2) is 78.9 Å². The van der Waals surface area contributed by atoms with Gasteiger partial charge in [0.15, 0.2) is 0 Å². The van der Waals surface area contributed by atoms with Crippen LogP contribution in [-0.2, 0) is 0 Å². The number of rotatable bonds is 4. The van der Waals surface area contributed by atoms with Crippen LogP contribution in [0.25, 0.3) is 16.7 Å². The molecule has 0 heteroatoms. The maximum atomic E-state index is 4.09. The van der Waals surface area contributed by atoms with E-state index in [0.29, 0.717) is 0 Å². The van der Waals surface area contributed by atoms with Gasteiger partial charge in [-0.25, -0.2) is 0 Å². The van der Waals surface area contributed by atoms with Crippen molar-refractivity contribution in [2.24, 2.45) is 0 Å². The summed E-state index contributed by atoms with van der Waals surface area (Å²) in [5.74, 6) is 0. The SMILES string of the molecule is C=C(C)/C(=C\C=C/C)c1ccc(-c2ccccc2)c(C)c1. The average molecular weight is 274 g/mol. The minimum atomic E-state index is 1.08. The van der Waals surface area contributed by atoms with E-state index in [2.05, 4.69) is 75.0 Å². The Hall–Kier alpha value is -2.34. The van der Waals surface area contributed by atoms with Crippen LogP contribution in [-0.4, -0.2) is 0 Å². The van der Waals surface area contributed by atoms with Crippen LogP contribution in [0.2, 0.25) is 0 Å². The number of aryl methyl sites for hydroxylation is 1. The van der Waals surface area contributed by atoms with Gasteiger partial charge in [-0.15, -0.1) is 0 Å². The van der Waals surface area contributed by atoms with E-state index in [-0.39, 0.29) is 0 Å². The third-order valence-electron chi connectivity index (χ3n) is 3.54. The largest absolute Gasteiger partial charge is 0.0955 e. The molecule has 2 aromatic carbocycles. The Morgan fingerprint density at radius 2 is 1.76 bits per heavy atom. The molecule has 0 fully saturated rings. The number of allylic oxidation sites excluding steroid dienone is 5. The molecule has 0 aliphatic carbocycles. The molecular weight excluding hydrogens is 252 g/mol. The highest BCUT2D eigenvalue weighted by Gasteiger charge is 2.06. The third-order valence-corrected chi connectivity index (χ3v) is 3.54. The molecule has 2 aromatic rings. The first-order chi connectivity index (χ1) is 10.1. The minimum Gasteiger partial charge on any atom is -0.0955 e. The minimum absolute atomic E-state index is 1.08. The van der Waals surface area contributed by atoms with Crippen molar-refractivity contribution in [2.75, 3.05) is 0 Å². The van der Waals surface area contributed by atoms with Crippen LogP contribution in [0.3, 0.4) is 0 Å². The quantitative estimate of drug-likeness (QED) is 0.582. The van der Waals surface area contributed by atoms with Gasteiger partial charge in [-0.1, -0.05) is 78.9 Å². The lowest BCUT2D eigenvalue weighted by Gasteiger charge is -2.11. The molecular formula is C21H22. The topological polar surface area (TPSA) is 0 Å². The highest BCUT2D eigenvalue weighted by Crippen LogP contribution is 2.28. The molecule has 0 amide bonds. The summed E-state index contributed by atoms with van der Waals surface area (Å²) in [6, 6.07) is 17.1. The molecule has 0 heterocycles. The van der Waals surface area contributed by atoms with Crippen molar-refractivity contribution >= 4 is 5.57 Å². The van der Waals surface area contributed by atoms with Crippen molar-refractivity contribution in [3.05, 3.63) is 90.0 Å². The lowest BCUT2D eigenvalue weighted by molar-refractivity contribution is 1.42. The van der Waals surface area contributed by atoms with Crippen molar-refractivity contribution < 1.29 is 0 Å². The van der Waals surface area contributed by atoms with Crippen LogP contribution in [0, 0.1) is 6.92 Å². The van der Waals surface area contributed by atoms with Gasteiger partial charge < -0.3 is 0 Å². The molecule has 0 atom stereocenters. The fourth-order valence-corrected chi connectivity index (χ4v) is 2.45. The number of hydrogen-bond acceptors (Lipinski definition) is 0. The summed E-state index contributed by atoms with van der Waals surface area (Å²) in [7, 11) is 0. The maximum Gasteiger partial charge on any atom is -0.0154 e. The molecule has 0 saturated heterocycles. The van der Waals surface area contributed by atoms with Gasteiger partial charge in [0.25, 0.3) is 0 Å². The maximum absolute atomic E-state index is 4.09. The summed E-state index contributed by atoms with van der Waals surface area (Å²) in [6.07, 6.45) is 6.22. The molecule has 0 aromatic heterocycles. The van der Waals surface area contributed by atoms with Gasteiger partial charge in [-0.05, 0) is 48.6 Å². The average Bonchev–Trinajstić information content (AvgIpc) is 2.48. The van der Waals surface area contributed by atoms with Crippen molar-refractivity contribution in [1.82, 2.24) is 0 Å². The lowest BCUT2D eigenvalue weighted by atomic mass is 9.93. The third kappa shape index (κ3) is 3.61. The summed E-state index contributed by atoms with van der Waals surface area (Å²) < 4.78 is 0. The normalized spacial score (nSPS) is 11.9. The molecule has 0 saturated carbocycles. The molecule has 106 valence electrons. The van der Waals surface area contributed by atoms with E-state index in [1.165, 1.54) is 27.8 Å². The number of benzene rings is 2. The Morgan fingerprint density at radius 1 is 1.05 bits per heavy atom. The van der Waals surface area contributed by atoms with Gasteiger partial charge in [0.05, 0.1) is 0 Å². The van der Waals surface area contributed by atoms with E-state index in [0.717, 1.165) is 5.57 Å². The fourth-order valence-electron chi connectivity index (χ4n) is 2.45. The zero-order valence-corrected chi connectivity index (χ0v) is 13.1. The zero-order chi connectivity index (χ0) is 15.2. The molecule has 0 bridgehead atoms. The summed E-state index contributed by atoms with van der Waals surface area (Å²) in [5.41, 5.74) is 7.32. The Kier molecular flexibility index (Phi) is 4.94. The predicted molar refractivity (Wildman–Crippen MR) is 94.2 cm³/mol. The Balaban J connectivity index is 2.46. The van der Waals surface area contributed by atoms with Crippen LogP contribution < -0.4 is 0 Å². The summed E-state index contributed by atoms with van der Waals surface area (Å²) in [6.45, 7) is 10.3. The summed E-state index contributed by atoms with van der Waals surface area (Å²) in [4.78, 5) is 0. The van der Waals surface area contributed by atoms with E-state index in [1.807, 2.05) is 19.1 Å². The van der Waals surface area contributed by atoms with E-state index in [1.54, 1.807) is 0 Å². The first-order valence-electron chi connectivity index (χ1n) is 7.28. The molecule has 2 rings (SSSR count). The standard InChI is InChI=1S/C21H22/c1-5-6-12-20(16(2)3)19-13-14-21(17(4)15-19)18-10-8-7-9-11-18/h5-15H,2H2,1,3-4H3/b6-5-,20-12+. The molecule has 0 radical (unpaired) electrons. The first kappa shape index (κ1) is 15.1. The van der Waals surface area contributed by atoms with Gasteiger partial charge in [-0.2, -0.15) is 0 Å². The Labute approximate surface area is 128 Å². The number of hydrogen-bond donors (Lipinski definition) is 0. The molecule has 0 aliphatic rings. The second-order valence-electron chi connectivity index (χ2n) is 5.28. The second kappa shape index (κ2) is 6.90. The highest BCUT2D eigenvalue weighted by atomic mass is 14.1. The van der Waals surface area contributed by atoms with E-state index in [4.69, 9.17) is 0 Å². The van der Waals surface area contributed by atoms with Gasteiger partial charge in [0.2, 0.25) is 0 Å². The highest BCUT2D eigenvalue weighted by molar-refractivity contribution is 5.81. The molecule has 0 nitrogen and oxygen atoms in total. The van der Waals surface area contributed by atoms with Crippen molar-refractivity contribution in [2.45, 2.75) is 20.8 Å².